The van der Waals surface area contributed by atoms with E-state index in [0.717, 1.165) is 9.87 Å². The molecule has 1 unspecified atom stereocenters. The van der Waals surface area contributed by atoms with Gasteiger partial charge in [0.15, 0.2) is 0 Å². The number of amides is 2. The smallest absolute Gasteiger partial charge is 0.264 e. The Bertz CT molecular complexity index is 1390. The van der Waals surface area contributed by atoms with Gasteiger partial charge >= 0.3 is 0 Å². The zero-order valence-corrected chi connectivity index (χ0v) is 24.9. The first-order valence-corrected chi connectivity index (χ1v) is 14.9. The molecule has 0 aliphatic carbocycles. The van der Waals surface area contributed by atoms with Crippen LogP contribution < -0.4 is 9.62 Å². The van der Waals surface area contributed by atoms with Crippen molar-refractivity contribution in [3.63, 3.8) is 0 Å². The summed E-state index contributed by atoms with van der Waals surface area (Å²) >= 11 is 18.9. The van der Waals surface area contributed by atoms with Gasteiger partial charge in [-0.2, -0.15) is 0 Å². The fourth-order valence-corrected chi connectivity index (χ4v) is 6.10. The predicted molar refractivity (Wildman–Crippen MR) is 157 cm³/mol. The Morgan fingerprint density at radius 1 is 0.897 bits per heavy atom. The number of sulfonamides is 1. The molecule has 0 heterocycles. The summed E-state index contributed by atoms with van der Waals surface area (Å²) in [6, 6.07) is 16.6. The lowest BCUT2D eigenvalue weighted by molar-refractivity contribution is -0.140. The van der Waals surface area contributed by atoms with Crippen molar-refractivity contribution >= 4 is 62.3 Å². The van der Waals surface area contributed by atoms with Crippen molar-refractivity contribution < 1.29 is 18.0 Å². The van der Waals surface area contributed by atoms with E-state index in [9.17, 15) is 18.0 Å². The van der Waals surface area contributed by atoms with E-state index < -0.39 is 28.5 Å². The third kappa shape index (κ3) is 7.45. The van der Waals surface area contributed by atoms with Crippen LogP contribution in [0.2, 0.25) is 15.1 Å². The summed E-state index contributed by atoms with van der Waals surface area (Å²) in [5.74, 6) is -0.967. The minimum absolute atomic E-state index is 0.0207. The Morgan fingerprint density at radius 2 is 1.49 bits per heavy atom. The monoisotopic (exact) mass is 609 g/mol. The summed E-state index contributed by atoms with van der Waals surface area (Å²) < 4.78 is 28.7. The summed E-state index contributed by atoms with van der Waals surface area (Å²) in [5.41, 5.74) is 1.59. The van der Waals surface area contributed by atoms with Gasteiger partial charge in [0.1, 0.15) is 12.6 Å². The van der Waals surface area contributed by atoms with Crippen LogP contribution in [-0.4, -0.2) is 44.3 Å². The first kappa shape index (κ1) is 30.8. The van der Waals surface area contributed by atoms with Crippen molar-refractivity contribution in [1.82, 2.24) is 10.2 Å². The highest BCUT2D eigenvalue weighted by molar-refractivity contribution is 7.92. The molecule has 3 aromatic rings. The second-order valence-corrected chi connectivity index (χ2v) is 12.0. The number of rotatable bonds is 11. The molecule has 0 saturated carbocycles. The number of likely N-dealkylation sites (N-methyl/N-ethyl adjacent to an activating group) is 1. The van der Waals surface area contributed by atoms with Crippen LogP contribution in [-0.2, 0) is 26.2 Å². The van der Waals surface area contributed by atoms with E-state index >= 15 is 0 Å². The lowest BCUT2D eigenvalue weighted by atomic mass is 10.1. The van der Waals surface area contributed by atoms with Gasteiger partial charge in [0, 0.05) is 33.7 Å². The number of hydrogen-bond donors (Lipinski definition) is 1. The summed E-state index contributed by atoms with van der Waals surface area (Å²) in [5, 5.41) is 3.82. The van der Waals surface area contributed by atoms with Crippen molar-refractivity contribution in [3.05, 3.63) is 92.9 Å². The first-order valence-electron chi connectivity index (χ1n) is 12.3. The number of nitrogens with zero attached hydrogens (tertiary/aromatic N) is 2. The second-order valence-electron chi connectivity index (χ2n) is 8.84. The quantitative estimate of drug-likeness (QED) is 0.285. The number of aryl methyl sites for hydroxylation is 1. The Balaban J connectivity index is 2.09. The molecular formula is C28H30Cl3N3O4S. The maximum Gasteiger partial charge on any atom is 0.264 e. The zero-order chi connectivity index (χ0) is 28.7. The Kier molecular flexibility index (Phi) is 10.7. The Labute approximate surface area is 244 Å². The maximum atomic E-state index is 14.0. The molecule has 0 aromatic heterocycles. The third-order valence-electron chi connectivity index (χ3n) is 6.13. The fourth-order valence-electron chi connectivity index (χ4n) is 4.04. The minimum Gasteiger partial charge on any atom is -0.355 e. The predicted octanol–water partition coefficient (Wildman–Crippen LogP) is 6.09. The molecule has 11 heteroatoms. The number of hydrogen-bond acceptors (Lipinski definition) is 4. The zero-order valence-electron chi connectivity index (χ0n) is 21.8. The standard InChI is InChI=1S/C28H30Cl3N3O4S/c1-4-26(28(36)32-5-2)33(17-23-24(30)7-6-8-25(23)31)27(35)18-34(21-13-11-20(29)12-14-21)39(37,38)22-15-9-19(3)10-16-22/h6-16,26H,4-5,17-18H2,1-3H3,(H,32,36). The SMILES string of the molecule is CCNC(=O)C(CC)N(Cc1c(Cl)cccc1Cl)C(=O)CN(c1ccc(Cl)cc1)S(=O)(=O)c1ccc(C)cc1. The van der Waals surface area contributed by atoms with E-state index in [-0.39, 0.29) is 29.5 Å². The van der Waals surface area contributed by atoms with Gasteiger partial charge in [0.25, 0.3) is 10.0 Å². The number of carbonyl (C=O) groups is 2. The molecule has 3 aromatic carbocycles. The molecule has 2 amide bonds. The Morgan fingerprint density at radius 3 is 2.03 bits per heavy atom. The number of halogens is 3. The molecule has 0 radical (unpaired) electrons. The molecule has 208 valence electrons. The number of carbonyl (C=O) groups excluding carboxylic acids is 2. The van der Waals surface area contributed by atoms with Crippen LogP contribution in [0.5, 0.6) is 0 Å². The molecule has 0 saturated heterocycles. The normalized spacial score (nSPS) is 12.1. The largest absolute Gasteiger partial charge is 0.355 e. The van der Waals surface area contributed by atoms with Gasteiger partial charge in [0.05, 0.1) is 10.6 Å². The fraction of sp³-hybridized carbons (Fsp3) is 0.286. The molecule has 0 bridgehead atoms. The molecule has 1 N–H and O–H groups in total. The lowest BCUT2D eigenvalue weighted by Crippen LogP contribution is -2.52. The van der Waals surface area contributed by atoms with Crippen molar-refractivity contribution in [1.29, 1.82) is 0 Å². The van der Waals surface area contributed by atoms with Crippen LogP contribution in [0.4, 0.5) is 5.69 Å². The minimum atomic E-state index is -4.17. The van der Waals surface area contributed by atoms with Crippen LogP contribution in [0.1, 0.15) is 31.4 Å². The highest BCUT2D eigenvalue weighted by Gasteiger charge is 2.34. The summed E-state index contributed by atoms with van der Waals surface area (Å²) in [7, 11) is -4.17. The van der Waals surface area contributed by atoms with E-state index in [1.807, 2.05) is 6.92 Å². The molecule has 7 nitrogen and oxygen atoms in total. The van der Waals surface area contributed by atoms with E-state index in [2.05, 4.69) is 5.32 Å². The van der Waals surface area contributed by atoms with Crippen LogP contribution in [0, 0.1) is 6.92 Å². The number of benzene rings is 3. The van der Waals surface area contributed by atoms with Crippen LogP contribution in [0.3, 0.4) is 0 Å². The van der Waals surface area contributed by atoms with E-state index in [4.69, 9.17) is 34.8 Å². The van der Waals surface area contributed by atoms with Crippen molar-refractivity contribution in [2.45, 2.75) is 44.7 Å². The average Bonchev–Trinajstić information content (AvgIpc) is 2.89. The van der Waals surface area contributed by atoms with Crippen molar-refractivity contribution in [2.75, 3.05) is 17.4 Å². The number of anilines is 1. The van der Waals surface area contributed by atoms with Gasteiger partial charge in [0.2, 0.25) is 11.8 Å². The molecule has 0 spiro atoms. The summed E-state index contributed by atoms with van der Waals surface area (Å²) in [6.07, 6.45) is 0.283. The molecule has 3 rings (SSSR count). The van der Waals surface area contributed by atoms with E-state index in [1.165, 1.54) is 29.2 Å². The van der Waals surface area contributed by atoms with E-state index in [0.29, 0.717) is 27.2 Å². The first-order chi connectivity index (χ1) is 18.5. The lowest BCUT2D eigenvalue weighted by Gasteiger charge is -2.33. The highest BCUT2D eigenvalue weighted by Crippen LogP contribution is 2.29. The van der Waals surface area contributed by atoms with Gasteiger partial charge in [-0.1, -0.05) is 65.5 Å². The summed E-state index contributed by atoms with van der Waals surface area (Å²) in [4.78, 5) is 28.3. The molecule has 39 heavy (non-hydrogen) atoms. The second kappa shape index (κ2) is 13.5. The Hall–Kier alpha value is -2.78. The van der Waals surface area contributed by atoms with Gasteiger partial charge in [-0.15, -0.1) is 0 Å². The topological polar surface area (TPSA) is 86.8 Å². The molecule has 0 aliphatic heterocycles. The van der Waals surface area contributed by atoms with Crippen molar-refractivity contribution in [3.8, 4) is 0 Å². The van der Waals surface area contributed by atoms with Crippen LogP contribution in [0.15, 0.2) is 71.6 Å². The molecule has 0 fully saturated rings. The van der Waals surface area contributed by atoms with Crippen LogP contribution >= 0.6 is 34.8 Å². The summed E-state index contributed by atoms with van der Waals surface area (Å²) in [6.45, 7) is 5.10. The van der Waals surface area contributed by atoms with Crippen molar-refractivity contribution in [2.24, 2.45) is 0 Å². The molecular weight excluding hydrogens is 581 g/mol. The number of nitrogens with one attached hydrogen (secondary N) is 1. The molecule has 1 atom stereocenters. The average molecular weight is 611 g/mol. The molecule has 0 aliphatic rings. The van der Waals surface area contributed by atoms with Gasteiger partial charge in [-0.25, -0.2) is 8.42 Å². The third-order valence-corrected chi connectivity index (χ3v) is 8.88. The maximum absolute atomic E-state index is 14.0. The van der Waals surface area contributed by atoms with Crippen LogP contribution in [0.25, 0.3) is 0 Å². The van der Waals surface area contributed by atoms with Gasteiger partial charge in [-0.05, 0) is 68.8 Å². The van der Waals surface area contributed by atoms with Gasteiger partial charge in [-0.3, -0.25) is 13.9 Å². The van der Waals surface area contributed by atoms with E-state index in [1.54, 1.807) is 56.3 Å². The highest BCUT2D eigenvalue weighted by atomic mass is 35.5. The van der Waals surface area contributed by atoms with Gasteiger partial charge < -0.3 is 10.2 Å².